The lowest BCUT2D eigenvalue weighted by Gasteiger charge is -2.16. The molecule has 1 heterocycles. The molecule has 19 heavy (non-hydrogen) atoms. The van der Waals surface area contributed by atoms with Gasteiger partial charge in [-0.1, -0.05) is 29.8 Å². The summed E-state index contributed by atoms with van der Waals surface area (Å²) >= 11 is 0. The van der Waals surface area contributed by atoms with Gasteiger partial charge in [-0.25, -0.2) is 0 Å². The van der Waals surface area contributed by atoms with Gasteiger partial charge in [-0.3, -0.25) is 4.79 Å². The van der Waals surface area contributed by atoms with Crippen LogP contribution in [-0.2, 0) is 6.54 Å². The summed E-state index contributed by atoms with van der Waals surface area (Å²) in [4.78, 5) is 13.7. The summed E-state index contributed by atoms with van der Waals surface area (Å²) in [6, 6.07) is 11.2. The van der Waals surface area contributed by atoms with Crippen LogP contribution in [0.3, 0.4) is 0 Å². The average molecular weight is 256 g/mol. The lowest BCUT2D eigenvalue weighted by atomic mass is 10.1. The SMILES string of the molecule is Cc1ccc(CN(C)C(=O)c2ccc(N)nn2)cc1. The summed E-state index contributed by atoms with van der Waals surface area (Å²) in [5.74, 6) is 0.130. The Bertz CT molecular complexity index is 563. The van der Waals surface area contributed by atoms with Crippen molar-refractivity contribution < 1.29 is 4.79 Å². The van der Waals surface area contributed by atoms with Crippen molar-refractivity contribution in [2.24, 2.45) is 0 Å². The molecule has 2 aromatic rings. The highest BCUT2D eigenvalue weighted by molar-refractivity contribution is 5.92. The minimum Gasteiger partial charge on any atom is -0.382 e. The summed E-state index contributed by atoms with van der Waals surface area (Å²) in [5.41, 5.74) is 8.01. The molecule has 1 aromatic carbocycles. The second-order valence-electron chi connectivity index (χ2n) is 4.49. The number of amides is 1. The first-order chi connectivity index (χ1) is 9.06. The number of hydrogen-bond acceptors (Lipinski definition) is 4. The minimum absolute atomic E-state index is 0.173. The fourth-order valence-electron chi connectivity index (χ4n) is 1.69. The monoisotopic (exact) mass is 256 g/mol. The molecule has 2 rings (SSSR count). The normalized spacial score (nSPS) is 10.2. The summed E-state index contributed by atoms with van der Waals surface area (Å²) < 4.78 is 0. The van der Waals surface area contributed by atoms with E-state index in [9.17, 15) is 4.79 Å². The fraction of sp³-hybridized carbons (Fsp3) is 0.214. The van der Waals surface area contributed by atoms with Crippen LogP contribution >= 0.6 is 0 Å². The van der Waals surface area contributed by atoms with Crippen LogP contribution in [0.4, 0.5) is 5.82 Å². The molecule has 2 N–H and O–H groups in total. The van der Waals surface area contributed by atoms with E-state index in [4.69, 9.17) is 5.73 Å². The highest BCUT2D eigenvalue weighted by atomic mass is 16.2. The number of aryl methyl sites for hydroxylation is 1. The molecule has 1 amide bonds. The molecule has 0 radical (unpaired) electrons. The number of hydrogen-bond donors (Lipinski definition) is 1. The van der Waals surface area contributed by atoms with E-state index < -0.39 is 0 Å². The second kappa shape index (κ2) is 5.48. The standard InChI is InChI=1S/C14H16N4O/c1-10-3-5-11(6-4-10)9-18(2)14(19)12-7-8-13(15)17-16-12/h3-8H,9H2,1-2H3,(H2,15,17). The van der Waals surface area contributed by atoms with Gasteiger partial charge in [0, 0.05) is 13.6 Å². The van der Waals surface area contributed by atoms with Crippen molar-refractivity contribution in [1.29, 1.82) is 0 Å². The molecule has 1 aromatic heterocycles. The first-order valence-electron chi connectivity index (χ1n) is 5.96. The van der Waals surface area contributed by atoms with Crippen LogP contribution in [0, 0.1) is 6.92 Å². The van der Waals surface area contributed by atoms with Crippen LogP contribution in [0.25, 0.3) is 0 Å². The number of nitrogens with two attached hydrogens (primary N) is 1. The zero-order valence-electron chi connectivity index (χ0n) is 11.0. The molecule has 0 spiro atoms. The molecule has 5 heteroatoms. The molecule has 0 fully saturated rings. The predicted octanol–water partition coefficient (Wildman–Crippen LogP) is 1.64. The molecule has 0 unspecified atom stereocenters. The lowest BCUT2D eigenvalue weighted by Crippen LogP contribution is -2.27. The van der Waals surface area contributed by atoms with Crippen LogP contribution in [0.1, 0.15) is 21.6 Å². The third-order valence-electron chi connectivity index (χ3n) is 2.79. The highest BCUT2D eigenvalue weighted by Gasteiger charge is 2.13. The molecular weight excluding hydrogens is 240 g/mol. The van der Waals surface area contributed by atoms with Crippen molar-refractivity contribution >= 4 is 11.7 Å². The molecule has 0 saturated carbocycles. The molecular formula is C14H16N4O. The Kier molecular flexibility index (Phi) is 3.75. The minimum atomic E-state index is -0.173. The van der Waals surface area contributed by atoms with Crippen molar-refractivity contribution in [3.63, 3.8) is 0 Å². The maximum absolute atomic E-state index is 12.1. The number of benzene rings is 1. The van der Waals surface area contributed by atoms with Crippen LogP contribution in [-0.4, -0.2) is 28.1 Å². The third-order valence-corrected chi connectivity index (χ3v) is 2.79. The maximum Gasteiger partial charge on any atom is 0.274 e. The molecule has 0 atom stereocenters. The van der Waals surface area contributed by atoms with E-state index in [0.717, 1.165) is 5.56 Å². The average Bonchev–Trinajstić information content (AvgIpc) is 2.41. The van der Waals surface area contributed by atoms with Gasteiger partial charge < -0.3 is 10.6 Å². The van der Waals surface area contributed by atoms with E-state index in [0.29, 0.717) is 18.1 Å². The lowest BCUT2D eigenvalue weighted by molar-refractivity contribution is 0.0778. The zero-order chi connectivity index (χ0) is 13.8. The van der Waals surface area contributed by atoms with Gasteiger partial charge in [-0.05, 0) is 24.6 Å². The summed E-state index contributed by atoms with van der Waals surface area (Å²) in [7, 11) is 1.74. The Morgan fingerprint density at radius 2 is 1.84 bits per heavy atom. The first-order valence-corrected chi connectivity index (χ1v) is 5.96. The Balaban J connectivity index is 2.07. The second-order valence-corrected chi connectivity index (χ2v) is 4.49. The highest BCUT2D eigenvalue weighted by Crippen LogP contribution is 2.08. The quantitative estimate of drug-likeness (QED) is 0.906. The van der Waals surface area contributed by atoms with E-state index in [1.54, 1.807) is 24.1 Å². The number of nitrogens with zero attached hydrogens (tertiary/aromatic N) is 3. The van der Waals surface area contributed by atoms with Crippen molar-refractivity contribution in [1.82, 2.24) is 15.1 Å². The number of carbonyl (C=O) groups is 1. The van der Waals surface area contributed by atoms with Crippen LogP contribution in [0.5, 0.6) is 0 Å². The number of anilines is 1. The number of rotatable bonds is 3. The van der Waals surface area contributed by atoms with Gasteiger partial charge in [-0.15, -0.1) is 10.2 Å². The van der Waals surface area contributed by atoms with Crippen LogP contribution in [0.2, 0.25) is 0 Å². The van der Waals surface area contributed by atoms with Crippen LogP contribution < -0.4 is 5.73 Å². The van der Waals surface area contributed by atoms with Crippen LogP contribution in [0.15, 0.2) is 36.4 Å². The molecule has 0 aliphatic heterocycles. The largest absolute Gasteiger partial charge is 0.382 e. The molecule has 5 nitrogen and oxygen atoms in total. The number of aromatic nitrogens is 2. The summed E-state index contributed by atoms with van der Waals surface area (Å²) in [6.07, 6.45) is 0. The van der Waals surface area contributed by atoms with Gasteiger partial charge in [0.1, 0.15) is 5.82 Å². The molecule has 0 saturated heterocycles. The maximum atomic E-state index is 12.1. The fourth-order valence-corrected chi connectivity index (χ4v) is 1.69. The summed E-state index contributed by atoms with van der Waals surface area (Å²) in [6.45, 7) is 2.56. The number of nitrogen functional groups attached to an aromatic ring is 1. The molecule has 0 aliphatic carbocycles. The van der Waals surface area contributed by atoms with E-state index in [-0.39, 0.29) is 5.91 Å². The van der Waals surface area contributed by atoms with Gasteiger partial charge >= 0.3 is 0 Å². The molecule has 0 bridgehead atoms. The van der Waals surface area contributed by atoms with Gasteiger partial charge in [0.05, 0.1) is 0 Å². The van der Waals surface area contributed by atoms with E-state index >= 15 is 0 Å². The summed E-state index contributed by atoms with van der Waals surface area (Å²) in [5, 5.41) is 7.47. The van der Waals surface area contributed by atoms with E-state index in [1.165, 1.54) is 5.56 Å². The van der Waals surface area contributed by atoms with Crippen molar-refractivity contribution in [3.05, 3.63) is 53.2 Å². The Morgan fingerprint density at radius 3 is 2.42 bits per heavy atom. The van der Waals surface area contributed by atoms with Gasteiger partial charge in [-0.2, -0.15) is 0 Å². The first kappa shape index (κ1) is 13.0. The van der Waals surface area contributed by atoms with Crippen molar-refractivity contribution in [2.45, 2.75) is 13.5 Å². The van der Waals surface area contributed by atoms with E-state index in [2.05, 4.69) is 10.2 Å². The van der Waals surface area contributed by atoms with Gasteiger partial charge in [0.25, 0.3) is 5.91 Å². The Labute approximate surface area is 112 Å². The van der Waals surface area contributed by atoms with Gasteiger partial charge in [0.2, 0.25) is 0 Å². The third kappa shape index (κ3) is 3.28. The predicted molar refractivity (Wildman–Crippen MR) is 73.4 cm³/mol. The molecule has 0 aliphatic rings. The Hall–Kier alpha value is -2.43. The van der Waals surface area contributed by atoms with E-state index in [1.807, 2.05) is 31.2 Å². The smallest absolute Gasteiger partial charge is 0.274 e. The van der Waals surface area contributed by atoms with Crippen molar-refractivity contribution in [3.8, 4) is 0 Å². The van der Waals surface area contributed by atoms with Crippen molar-refractivity contribution in [2.75, 3.05) is 12.8 Å². The van der Waals surface area contributed by atoms with Gasteiger partial charge in [0.15, 0.2) is 5.69 Å². The topological polar surface area (TPSA) is 72.1 Å². The number of carbonyl (C=O) groups excluding carboxylic acids is 1. The zero-order valence-corrected chi connectivity index (χ0v) is 11.0. The molecule has 98 valence electrons. The Morgan fingerprint density at radius 1 is 1.16 bits per heavy atom.